The fourth-order valence-corrected chi connectivity index (χ4v) is 1.20. The SMILES string of the molecule is C(=C\C1CC1)/Cc1cccnc1. The van der Waals surface area contributed by atoms with E-state index in [0.717, 1.165) is 12.3 Å². The number of nitrogens with zero attached hydrogens (tertiary/aromatic N) is 1. The summed E-state index contributed by atoms with van der Waals surface area (Å²) in [5, 5.41) is 0. The van der Waals surface area contributed by atoms with E-state index < -0.39 is 0 Å². The van der Waals surface area contributed by atoms with Gasteiger partial charge in [-0.25, -0.2) is 0 Å². The van der Waals surface area contributed by atoms with Crippen molar-refractivity contribution in [2.45, 2.75) is 19.3 Å². The molecule has 62 valence electrons. The molecule has 0 atom stereocenters. The molecule has 1 fully saturated rings. The van der Waals surface area contributed by atoms with Gasteiger partial charge in [0.25, 0.3) is 0 Å². The minimum atomic E-state index is 0.890. The Morgan fingerprint density at radius 1 is 1.50 bits per heavy atom. The lowest BCUT2D eigenvalue weighted by molar-refractivity contribution is 1.09. The summed E-state index contributed by atoms with van der Waals surface area (Å²) < 4.78 is 0. The van der Waals surface area contributed by atoms with E-state index >= 15 is 0 Å². The molecule has 0 unspecified atom stereocenters. The molecule has 1 aromatic heterocycles. The number of pyridine rings is 1. The Labute approximate surface area is 73.1 Å². The van der Waals surface area contributed by atoms with Gasteiger partial charge in [0.05, 0.1) is 0 Å². The largest absolute Gasteiger partial charge is 0.264 e. The molecule has 1 saturated carbocycles. The Bertz CT molecular complexity index is 260. The summed E-state index contributed by atoms with van der Waals surface area (Å²) in [7, 11) is 0. The third-order valence-electron chi connectivity index (χ3n) is 2.11. The first kappa shape index (κ1) is 7.53. The molecule has 1 nitrogen and oxygen atoms in total. The number of allylic oxidation sites excluding steroid dienone is 2. The Morgan fingerprint density at radius 3 is 3.08 bits per heavy atom. The Morgan fingerprint density at radius 2 is 2.42 bits per heavy atom. The van der Waals surface area contributed by atoms with Gasteiger partial charge in [-0.15, -0.1) is 0 Å². The van der Waals surface area contributed by atoms with Crippen molar-refractivity contribution in [2.75, 3.05) is 0 Å². The zero-order valence-corrected chi connectivity index (χ0v) is 7.11. The van der Waals surface area contributed by atoms with Gasteiger partial charge in [-0.3, -0.25) is 4.98 Å². The van der Waals surface area contributed by atoms with E-state index in [1.165, 1.54) is 18.4 Å². The minimum absolute atomic E-state index is 0.890. The van der Waals surface area contributed by atoms with Crippen LogP contribution in [0.1, 0.15) is 18.4 Å². The van der Waals surface area contributed by atoms with Crippen molar-refractivity contribution < 1.29 is 0 Å². The zero-order valence-electron chi connectivity index (χ0n) is 7.11. The van der Waals surface area contributed by atoms with Crippen molar-refractivity contribution in [1.29, 1.82) is 0 Å². The van der Waals surface area contributed by atoms with E-state index in [9.17, 15) is 0 Å². The number of hydrogen-bond donors (Lipinski definition) is 0. The van der Waals surface area contributed by atoms with Crippen molar-refractivity contribution in [3.05, 3.63) is 42.2 Å². The first-order valence-electron chi connectivity index (χ1n) is 4.51. The molecule has 0 aliphatic heterocycles. The molecule has 0 aromatic carbocycles. The second-order valence-corrected chi connectivity index (χ2v) is 3.33. The van der Waals surface area contributed by atoms with Crippen LogP contribution in [0, 0.1) is 5.92 Å². The second kappa shape index (κ2) is 3.53. The van der Waals surface area contributed by atoms with Gasteiger partial charge in [-0.1, -0.05) is 18.2 Å². The van der Waals surface area contributed by atoms with Crippen molar-refractivity contribution in [3.63, 3.8) is 0 Å². The van der Waals surface area contributed by atoms with Gasteiger partial charge in [0.1, 0.15) is 0 Å². The van der Waals surface area contributed by atoms with Crippen molar-refractivity contribution in [2.24, 2.45) is 5.92 Å². The molecule has 1 heterocycles. The van der Waals surface area contributed by atoms with E-state index in [2.05, 4.69) is 23.2 Å². The predicted molar refractivity (Wildman–Crippen MR) is 49.8 cm³/mol. The van der Waals surface area contributed by atoms with E-state index in [1.807, 2.05) is 18.5 Å². The number of hydrogen-bond acceptors (Lipinski definition) is 1. The van der Waals surface area contributed by atoms with E-state index in [-0.39, 0.29) is 0 Å². The van der Waals surface area contributed by atoms with Crippen LogP contribution in [0.2, 0.25) is 0 Å². The van der Waals surface area contributed by atoms with E-state index in [1.54, 1.807) is 0 Å². The minimum Gasteiger partial charge on any atom is -0.264 e. The van der Waals surface area contributed by atoms with E-state index in [0.29, 0.717) is 0 Å². The topological polar surface area (TPSA) is 12.9 Å². The highest BCUT2D eigenvalue weighted by Gasteiger charge is 2.16. The smallest absolute Gasteiger partial charge is 0.0303 e. The van der Waals surface area contributed by atoms with Crippen LogP contribution in [0.15, 0.2) is 36.7 Å². The molecule has 2 rings (SSSR count). The molecule has 0 bridgehead atoms. The van der Waals surface area contributed by atoms with Crippen molar-refractivity contribution >= 4 is 0 Å². The average Bonchev–Trinajstić information content (AvgIpc) is 2.90. The highest BCUT2D eigenvalue weighted by molar-refractivity contribution is 5.13. The molecule has 0 saturated heterocycles. The van der Waals surface area contributed by atoms with Gasteiger partial charge in [0.2, 0.25) is 0 Å². The number of rotatable bonds is 3. The Balaban J connectivity index is 1.86. The highest BCUT2D eigenvalue weighted by Crippen LogP contribution is 2.30. The van der Waals surface area contributed by atoms with Gasteiger partial charge in [-0.05, 0) is 36.8 Å². The van der Waals surface area contributed by atoms with Crippen LogP contribution >= 0.6 is 0 Å². The molecule has 0 radical (unpaired) electrons. The summed E-state index contributed by atoms with van der Waals surface area (Å²) in [6.45, 7) is 0. The van der Waals surface area contributed by atoms with Gasteiger partial charge in [0, 0.05) is 12.4 Å². The normalized spacial score (nSPS) is 17.0. The molecule has 1 aliphatic rings. The maximum Gasteiger partial charge on any atom is 0.0303 e. The molecule has 1 aromatic rings. The summed E-state index contributed by atoms with van der Waals surface area (Å²) in [5.41, 5.74) is 1.30. The predicted octanol–water partition coefficient (Wildman–Crippen LogP) is 2.59. The molecule has 0 amide bonds. The summed E-state index contributed by atoms with van der Waals surface area (Å²) >= 11 is 0. The second-order valence-electron chi connectivity index (χ2n) is 3.33. The maximum absolute atomic E-state index is 4.06. The lowest BCUT2D eigenvalue weighted by atomic mass is 10.2. The number of aromatic nitrogens is 1. The fraction of sp³-hybridized carbons (Fsp3) is 0.364. The van der Waals surface area contributed by atoms with Crippen LogP contribution in [0.25, 0.3) is 0 Å². The molecule has 0 N–H and O–H groups in total. The molecular weight excluding hydrogens is 146 g/mol. The maximum atomic E-state index is 4.06. The van der Waals surface area contributed by atoms with Crippen LogP contribution in [0.5, 0.6) is 0 Å². The van der Waals surface area contributed by atoms with Crippen LogP contribution < -0.4 is 0 Å². The molecule has 12 heavy (non-hydrogen) atoms. The van der Waals surface area contributed by atoms with E-state index in [4.69, 9.17) is 0 Å². The monoisotopic (exact) mass is 159 g/mol. The lowest BCUT2D eigenvalue weighted by Crippen LogP contribution is -1.81. The average molecular weight is 159 g/mol. The quantitative estimate of drug-likeness (QED) is 0.618. The molecule has 1 aliphatic carbocycles. The zero-order chi connectivity index (χ0) is 8.23. The lowest BCUT2D eigenvalue weighted by Gasteiger charge is -1.92. The highest BCUT2D eigenvalue weighted by atomic mass is 14.6. The first-order chi connectivity index (χ1) is 5.95. The summed E-state index contributed by atoms with van der Waals surface area (Å²) in [4.78, 5) is 4.06. The van der Waals surface area contributed by atoms with Crippen LogP contribution in [0.3, 0.4) is 0 Å². The third-order valence-corrected chi connectivity index (χ3v) is 2.11. The first-order valence-corrected chi connectivity index (χ1v) is 4.51. The van der Waals surface area contributed by atoms with Crippen LogP contribution in [-0.4, -0.2) is 4.98 Å². The summed E-state index contributed by atoms with van der Waals surface area (Å²) in [6, 6.07) is 4.10. The van der Waals surface area contributed by atoms with Gasteiger partial charge >= 0.3 is 0 Å². The van der Waals surface area contributed by atoms with Crippen molar-refractivity contribution in [1.82, 2.24) is 4.98 Å². The van der Waals surface area contributed by atoms with Crippen LogP contribution in [-0.2, 0) is 6.42 Å². The van der Waals surface area contributed by atoms with Gasteiger partial charge < -0.3 is 0 Å². The van der Waals surface area contributed by atoms with Gasteiger partial charge in [0.15, 0.2) is 0 Å². The third kappa shape index (κ3) is 2.19. The Hall–Kier alpha value is -1.11. The molecular formula is C11H13N. The van der Waals surface area contributed by atoms with Gasteiger partial charge in [-0.2, -0.15) is 0 Å². The summed E-state index contributed by atoms with van der Waals surface area (Å²) in [6.07, 6.45) is 12.1. The van der Waals surface area contributed by atoms with Crippen LogP contribution in [0.4, 0.5) is 0 Å². The fourth-order valence-electron chi connectivity index (χ4n) is 1.20. The van der Waals surface area contributed by atoms with Crippen molar-refractivity contribution in [3.8, 4) is 0 Å². The Kier molecular flexibility index (Phi) is 2.21. The molecule has 1 heteroatoms. The standard InChI is InChI=1S/C11H13N/c1(3-10-6-7-10)4-11-5-2-8-12-9-11/h1-3,5,8-10H,4,6-7H2/b3-1+. The summed E-state index contributed by atoms with van der Waals surface area (Å²) in [5.74, 6) is 0.890. The molecule has 0 spiro atoms.